The first-order chi connectivity index (χ1) is 13.7. The molecule has 1 amide bonds. The Hall–Kier alpha value is -1.96. The molecule has 0 aliphatic heterocycles. The molecule has 3 N–H and O–H groups in total. The fourth-order valence-electron chi connectivity index (χ4n) is 3.58. The van der Waals surface area contributed by atoms with Gasteiger partial charge in [0.05, 0.1) is 18.9 Å². The number of carbonyl (C=O) groups is 1. The molecule has 2 aromatic rings. The van der Waals surface area contributed by atoms with Crippen LogP contribution in [0.25, 0.3) is 11.3 Å². The Morgan fingerprint density at radius 3 is 2.71 bits per heavy atom. The van der Waals surface area contributed by atoms with Crippen molar-refractivity contribution < 1.29 is 14.6 Å². The topological polar surface area (TPSA) is 83.5 Å². The van der Waals surface area contributed by atoms with E-state index in [0.717, 1.165) is 11.3 Å². The van der Waals surface area contributed by atoms with Gasteiger partial charge >= 0.3 is 0 Å². The summed E-state index contributed by atoms with van der Waals surface area (Å²) in [4.78, 5) is 16.7. The summed E-state index contributed by atoms with van der Waals surface area (Å²) in [6.45, 7) is 0.538. The number of amides is 1. The number of nitrogens with zero attached hydrogens (tertiary/aromatic N) is 1. The molecule has 6 nitrogen and oxygen atoms in total. The maximum Gasteiger partial charge on any atom is 0.245 e. The van der Waals surface area contributed by atoms with Crippen LogP contribution >= 0.6 is 11.3 Å². The summed E-state index contributed by atoms with van der Waals surface area (Å²) < 4.78 is 4.92. The summed E-state index contributed by atoms with van der Waals surface area (Å²) in [6, 6.07) is 7.97. The van der Waals surface area contributed by atoms with Crippen LogP contribution in [-0.4, -0.2) is 48.9 Å². The summed E-state index contributed by atoms with van der Waals surface area (Å²) >= 11 is 1.43. The second-order valence-corrected chi connectivity index (χ2v) is 8.02. The molecule has 1 aromatic carbocycles. The number of rotatable bonds is 9. The van der Waals surface area contributed by atoms with Crippen molar-refractivity contribution in [3.8, 4) is 11.3 Å². The number of aliphatic hydroxyl groups excluding tert-OH is 1. The quantitative estimate of drug-likeness (QED) is 0.559. The highest BCUT2D eigenvalue weighted by molar-refractivity contribution is 7.14. The van der Waals surface area contributed by atoms with Crippen LogP contribution in [-0.2, 0) is 9.53 Å². The van der Waals surface area contributed by atoms with Crippen LogP contribution in [0.3, 0.4) is 0 Å². The monoisotopic (exact) mass is 403 g/mol. The van der Waals surface area contributed by atoms with E-state index in [2.05, 4.69) is 39.9 Å². The molecule has 0 saturated heterocycles. The van der Waals surface area contributed by atoms with E-state index in [-0.39, 0.29) is 12.5 Å². The summed E-state index contributed by atoms with van der Waals surface area (Å²) in [7, 11) is 1.58. The van der Waals surface area contributed by atoms with Gasteiger partial charge in [-0.1, -0.05) is 43.5 Å². The van der Waals surface area contributed by atoms with E-state index >= 15 is 0 Å². The van der Waals surface area contributed by atoms with Crippen LogP contribution in [0.5, 0.6) is 0 Å². The number of hydrogen-bond donors (Lipinski definition) is 3. The van der Waals surface area contributed by atoms with Crippen LogP contribution < -0.4 is 10.6 Å². The largest absolute Gasteiger partial charge is 0.394 e. The zero-order valence-corrected chi connectivity index (χ0v) is 17.1. The predicted octanol–water partition coefficient (Wildman–Crippen LogP) is 3.39. The Labute approximate surface area is 170 Å². The van der Waals surface area contributed by atoms with Crippen molar-refractivity contribution in [2.24, 2.45) is 0 Å². The highest BCUT2D eigenvalue weighted by Gasteiger charge is 2.19. The third kappa shape index (κ3) is 5.53. The Kier molecular flexibility index (Phi) is 7.82. The van der Waals surface area contributed by atoms with Gasteiger partial charge in [0, 0.05) is 24.6 Å². The molecular weight excluding hydrogens is 374 g/mol. The van der Waals surface area contributed by atoms with Crippen LogP contribution in [0.1, 0.15) is 43.6 Å². The molecule has 1 aromatic heterocycles. The summed E-state index contributed by atoms with van der Waals surface area (Å²) in [6.07, 6.45) is 6.61. The number of methoxy groups -OCH3 is 1. The van der Waals surface area contributed by atoms with Crippen molar-refractivity contribution in [1.29, 1.82) is 0 Å². The first-order valence-corrected chi connectivity index (χ1v) is 10.8. The van der Waals surface area contributed by atoms with Crippen molar-refractivity contribution in [1.82, 2.24) is 10.3 Å². The van der Waals surface area contributed by atoms with E-state index in [1.165, 1.54) is 49.0 Å². The van der Waals surface area contributed by atoms with E-state index in [1.54, 1.807) is 7.11 Å². The van der Waals surface area contributed by atoms with Crippen LogP contribution in [0.2, 0.25) is 0 Å². The number of hydrogen-bond acceptors (Lipinski definition) is 6. The van der Waals surface area contributed by atoms with Gasteiger partial charge in [0.1, 0.15) is 6.04 Å². The van der Waals surface area contributed by atoms with Gasteiger partial charge in [-0.3, -0.25) is 4.79 Å². The summed E-state index contributed by atoms with van der Waals surface area (Å²) in [5.74, 6) is 0.422. The zero-order chi connectivity index (χ0) is 19.8. The second-order valence-electron chi connectivity index (χ2n) is 7.16. The van der Waals surface area contributed by atoms with Crippen LogP contribution in [0.4, 0.5) is 5.13 Å². The second kappa shape index (κ2) is 10.5. The van der Waals surface area contributed by atoms with E-state index < -0.39 is 6.04 Å². The Morgan fingerprint density at radius 1 is 1.29 bits per heavy atom. The average Bonchev–Trinajstić information content (AvgIpc) is 3.21. The molecule has 0 unspecified atom stereocenters. The standard InChI is InChI=1S/C21H29N3O3S/c1-27-12-11-22-20(26)18(13-25)23-21-24-19(14-28-21)17-9-7-16(8-10-17)15-5-3-2-4-6-15/h7-10,14-15,18,25H,2-6,11-13H2,1H3,(H,22,26)(H,23,24)/t18-/m0/s1. The molecule has 0 radical (unpaired) electrons. The minimum Gasteiger partial charge on any atom is -0.394 e. The van der Waals surface area contributed by atoms with Gasteiger partial charge < -0.3 is 20.5 Å². The number of anilines is 1. The first-order valence-electron chi connectivity index (χ1n) is 9.91. The fraction of sp³-hybridized carbons (Fsp3) is 0.524. The molecule has 1 atom stereocenters. The van der Waals surface area contributed by atoms with Gasteiger partial charge in [0.2, 0.25) is 5.91 Å². The van der Waals surface area contributed by atoms with E-state index in [4.69, 9.17) is 4.74 Å². The van der Waals surface area contributed by atoms with Gasteiger partial charge in [-0.25, -0.2) is 4.98 Å². The third-order valence-corrected chi connectivity index (χ3v) is 5.96. The summed E-state index contributed by atoms with van der Waals surface area (Å²) in [5, 5.41) is 17.8. The van der Waals surface area contributed by atoms with Crippen molar-refractivity contribution in [3.63, 3.8) is 0 Å². The van der Waals surface area contributed by atoms with Crippen molar-refractivity contribution in [3.05, 3.63) is 35.2 Å². The lowest BCUT2D eigenvalue weighted by Gasteiger charge is -2.22. The number of aliphatic hydroxyl groups is 1. The van der Waals surface area contributed by atoms with Crippen LogP contribution in [0, 0.1) is 0 Å². The lowest BCUT2D eigenvalue weighted by atomic mass is 9.84. The summed E-state index contributed by atoms with van der Waals surface area (Å²) in [5.41, 5.74) is 3.36. The SMILES string of the molecule is COCCNC(=O)[C@H](CO)Nc1nc(-c2ccc(C3CCCCC3)cc2)cs1. The Balaban J connectivity index is 1.60. The highest BCUT2D eigenvalue weighted by atomic mass is 32.1. The van der Waals surface area contributed by atoms with Crippen molar-refractivity contribution >= 4 is 22.4 Å². The number of benzene rings is 1. The number of aromatic nitrogens is 1. The van der Waals surface area contributed by atoms with Crippen molar-refractivity contribution in [2.75, 3.05) is 32.2 Å². The molecule has 7 heteroatoms. The molecular formula is C21H29N3O3S. The molecule has 28 heavy (non-hydrogen) atoms. The average molecular weight is 404 g/mol. The van der Waals surface area contributed by atoms with E-state index in [0.29, 0.717) is 24.2 Å². The van der Waals surface area contributed by atoms with Gasteiger partial charge in [-0.2, -0.15) is 0 Å². The number of ether oxygens (including phenoxy) is 1. The predicted molar refractivity (Wildman–Crippen MR) is 113 cm³/mol. The Bertz CT molecular complexity index is 742. The van der Waals surface area contributed by atoms with Gasteiger partial charge in [-0.15, -0.1) is 11.3 Å². The molecule has 1 fully saturated rings. The van der Waals surface area contributed by atoms with Crippen LogP contribution in [0.15, 0.2) is 29.6 Å². The fourth-order valence-corrected chi connectivity index (χ4v) is 4.35. The minimum atomic E-state index is -0.732. The van der Waals surface area contributed by atoms with Gasteiger partial charge in [0.25, 0.3) is 0 Å². The molecule has 152 valence electrons. The highest BCUT2D eigenvalue weighted by Crippen LogP contribution is 2.34. The van der Waals surface area contributed by atoms with E-state index in [9.17, 15) is 9.90 Å². The lowest BCUT2D eigenvalue weighted by molar-refractivity contribution is -0.122. The maximum atomic E-state index is 12.1. The Morgan fingerprint density at radius 2 is 2.04 bits per heavy atom. The number of carbonyl (C=O) groups excluding carboxylic acids is 1. The molecule has 3 rings (SSSR count). The van der Waals surface area contributed by atoms with Gasteiger partial charge in [-0.05, 0) is 24.3 Å². The zero-order valence-electron chi connectivity index (χ0n) is 16.3. The molecule has 1 aliphatic carbocycles. The van der Waals surface area contributed by atoms with Gasteiger partial charge in [0.15, 0.2) is 5.13 Å². The third-order valence-electron chi connectivity index (χ3n) is 5.19. The molecule has 1 heterocycles. The molecule has 0 bridgehead atoms. The normalized spacial score (nSPS) is 15.9. The molecule has 1 aliphatic rings. The maximum absolute atomic E-state index is 12.1. The smallest absolute Gasteiger partial charge is 0.245 e. The lowest BCUT2D eigenvalue weighted by Crippen LogP contribution is -2.43. The van der Waals surface area contributed by atoms with E-state index in [1.807, 2.05) is 5.38 Å². The minimum absolute atomic E-state index is 0.270. The number of nitrogens with one attached hydrogen (secondary N) is 2. The number of thiazole rings is 1. The van der Waals surface area contributed by atoms with Crippen molar-refractivity contribution in [2.45, 2.75) is 44.1 Å². The first kappa shape index (κ1) is 20.8. The molecule has 0 spiro atoms. The molecule has 1 saturated carbocycles.